The number of benzene rings is 1. The monoisotopic (exact) mass is 324 g/mol. The van der Waals surface area contributed by atoms with Gasteiger partial charge in [-0.25, -0.2) is 0 Å². The Bertz CT molecular complexity index is 642. The van der Waals surface area contributed by atoms with Crippen LogP contribution in [-0.4, -0.2) is 15.8 Å². The summed E-state index contributed by atoms with van der Waals surface area (Å²) in [5.74, 6) is 0.186. The Hall–Kier alpha value is -2.16. The zero-order valence-corrected chi connectivity index (χ0v) is 15.2. The van der Waals surface area contributed by atoms with Gasteiger partial charge in [-0.05, 0) is 34.6 Å². The molecule has 0 bridgehead atoms. The normalized spacial score (nSPS) is 11.3. The quantitative estimate of drug-likeness (QED) is 0.777. The van der Waals surface area contributed by atoms with Gasteiger partial charge in [-0.2, -0.15) is 0 Å². The van der Waals surface area contributed by atoms with Crippen LogP contribution < -0.4 is 0 Å². The lowest BCUT2D eigenvalue weighted by Gasteiger charge is -2.27. The van der Waals surface area contributed by atoms with E-state index in [1.807, 2.05) is 23.2 Å². The molecular weight excluding hydrogens is 296 g/mol. The Labute approximate surface area is 145 Å². The van der Waals surface area contributed by atoms with Crippen LogP contribution in [0.2, 0.25) is 0 Å². The minimum absolute atomic E-state index is 0.0175. The number of carbonyl (C=O) groups is 1. The first-order valence-electron chi connectivity index (χ1n) is 8.62. The fourth-order valence-electron chi connectivity index (χ4n) is 2.61. The zero-order chi connectivity index (χ0) is 17.6. The third-order valence-corrected chi connectivity index (χ3v) is 3.94. The number of aryl methyl sites for hydroxylation is 1. The fraction of sp³-hybridized carbons (Fsp3) is 0.429. The molecule has 0 N–H and O–H groups in total. The van der Waals surface area contributed by atoms with E-state index < -0.39 is 0 Å². The van der Waals surface area contributed by atoms with Gasteiger partial charge in [-0.1, -0.05) is 58.0 Å². The van der Waals surface area contributed by atoms with E-state index in [4.69, 9.17) is 0 Å². The molecule has 0 aliphatic carbocycles. The molecule has 0 aliphatic heterocycles. The molecular formula is C21H28N2O. The largest absolute Gasteiger partial charge is 0.334 e. The summed E-state index contributed by atoms with van der Waals surface area (Å²) >= 11 is 0. The van der Waals surface area contributed by atoms with Crippen molar-refractivity contribution in [3.05, 3.63) is 65.5 Å². The van der Waals surface area contributed by atoms with Gasteiger partial charge in [0.15, 0.2) is 0 Å². The Morgan fingerprint density at radius 3 is 2.17 bits per heavy atom. The van der Waals surface area contributed by atoms with Gasteiger partial charge in [-0.3, -0.25) is 9.78 Å². The van der Waals surface area contributed by atoms with Crippen molar-refractivity contribution in [3.63, 3.8) is 0 Å². The third-order valence-electron chi connectivity index (χ3n) is 3.94. The number of carbonyl (C=O) groups excluding carboxylic acids is 1. The summed E-state index contributed by atoms with van der Waals surface area (Å²) in [4.78, 5) is 18.9. The number of rotatable bonds is 6. The summed E-state index contributed by atoms with van der Waals surface area (Å²) in [5.41, 5.74) is 3.53. The minimum Gasteiger partial charge on any atom is -0.334 e. The molecule has 1 amide bonds. The highest BCUT2D eigenvalue weighted by Gasteiger charge is 2.21. The second-order valence-corrected chi connectivity index (χ2v) is 7.52. The van der Waals surface area contributed by atoms with Crippen molar-refractivity contribution in [3.8, 4) is 0 Å². The first-order valence-corrected chi connectivity index (χ1v) is 8.62. The number of aromatic nitrogens is 1. The van der Waals surface area contributed by atoms with Crippen molar-refractivity contribution in [2.45, 2.75) is 53.6 Å². The van der Waals surface area contributed by atoms with Gasteiger partial charge < -0.3 is 4.90 Å². The highest BCUT2D eigenvalue weighted by atomic mass is 16.2. The van der Waals surface area contributed by atoms with Crippen LogP contribution in [0.15, 0.2) is 48.8 Å². The molecule has 1 aromatic heterocycles. The molecule has 0 saturated carbocycles. The van der Waals surface area contributed by atoms with Gasteiger partial charge >= 0.3 is 0 Å². The number of hydrogen-bond donors (Lipinski definition) is 0. The average molecular weight is 324 g/mol. The summed E-state index contributed by atoms with van der Waals surface area (Å²) in [6.45, 7) is 9.68. The maximum absolute atomic E-state index is 12.8. The average Bonchev–Trinajstić information content (AvgIpc) is 2.54. The van der Waals surface area contributed by atoms with Crippen LogP contribution in [-0.2, 0) is 24.3 Å². The van der Waals surface area contributed by atoms with Gasteiger partial charge in [0.1, 0.15) is 0 Å². The molecule has 0 radical (unpaired) electrons. The maximum atomic E-state index is 12.8. The Morgan fingerprint density at radius 1 is 1.00 bits per heavy atom. The fourth-order valence-corrected chi connectivity index (χ4v) is 2.61. The summed E-state index contributed by atoms with van der Waals surface area (Å²) in [6.07, 6.45) is 5.16. The molecule has 3 heteroatoms. The number of nitrogens with zero attached hydrogens (tertiary/aromatic N) is 2. The van der Waals surface area contributed by atoms with Crippen molar-refractivity contribution >= 4 is 5.91 Å². The lowest BCUT2D eigenvalue weighted by molar-refractivity contribution is -0.134. The molecule has 1 heterocycles. The van der Waals surface area contributed by atoms with Gasteiger partial charge in [0.05, 0.1) is 0 Å². The van der Waals surface area contributed by atoms with Crippen molar-refractivity contribution in [2.75, 3.05) is 0 Å². The first kappa shape index (κ1) is 18.2. The highest BCUT2D eigenvalue weighted by Crippen LogP contribution is 2.22. The van der Waals surface area contributed by atoms with Gasteiger partial charge in [0.2, 0.25) is 5.91 Å². The van der Waals surface area contributed by atoms with Crippen LogP contribution in [0.5, 0.6) is 0 Å². The lowest BCUT2D eigenvalue weighted by atomic mass is 9.91. The summed E-state index contributed by atoms with van der Waals surface area (Å²) in [5, 5.41) is 0. The van der Waals surface area contributed by atoms with Crippen molar-refractivity contribution < 1.29 is 4.79 Å². The van der Waals surface area contributed by atoms with Crippen LogP contribution in [0.25, 0.3) is 0 Å². The Kier molecular flexibility index (Phi) is 6.13. The molecule has 128 valence electrons. The first-order chi connectivity index (χ1) is 11.4. The van der Waals surface area contributed by atoms with Gasteiger partial charge in [-0.15, -0.1) is 0 Å². The predicted octanol–water partition coefficient (Wildman–Crippen LogP) is 4.61. The molecule has 0 atom stereocenters. The summed E-state index contributed by atoms with van der Waals surface area (Å²) in [6, 6.07) is 12.5. The highest BCUT2D eigenvalue weighted by molar-refractivity contribution is 5.76. The maximum Gasteiger partial charge on any atom is 0.223 e. The van der Waals surface area contributed by atoms with Crippen LogP contribution in [0.3, 0.4) is 0 Å². The van der Waals surface area contributed by atoms with Crippen molar-refractivity contribution in [2.24, 2.45) is 5.41 Å². The molecule has 0 fully saturated rings. The van der Waals surface area contributed by atoms with E-state index in [9.17, 15) is 4.79 Å². The van der Waals surface area contributed by atoms with E-state index in [0.29, 0.717) is 19.5 Å². The number of pyridine rings is 1. The van der Waals surface area contributed by atoms with Crippen molar-refractivity contribution in [1.29, 1.82) is 0 Å². The summed E-state index contributed by atoms with van der Waals surface area (Å²) < 4.78 is 0. The molecule has 0 spiro atoms. The van der Waals surface area contributed by atoms with Gasteiger partial charge in [0.25, 0.3) is 0 Å². The molecule has 2 rings (SSSR count). The number of hydrogen-bond acceptors (Lipinski definition) is 2. The van der Waals surface area contributed by atoms with Crippen LogP contribution in [0.4, 0.5) is 0 Å². The van der Waals surface area contributed by atoms with E-state index in [-0.39, 0.29) is 11.3 Å². The molecule has 0 aliphatic rings. The zero-order valence-electron chi connectivity index (χ0n) is 15.2. The van der Waals surface area contributed by atoms with E-state index >= 15 is 0 Å². The second kappa shape index (κ2) is 8.09. The third kappa shape index (κ3) is 5.80. The molecule has 2 aromatic rings. The molecule has 3 nitrogen and oxygen atoms in total. The molecule has 0 saturated heterocycles. The van der Waals surface area contributed by atoms with Crippen LogP contribution in [0, 0.1) is 5.41 Å². The Balaban J connectivity index is 2.16. The Morgan fingerprint density at radius 2 is 1.62 bits per heavy atom. The standard InChI is InChI=1S/C21H28N2O/c1-5-17-8-10-18(11-9-17)15-23(20(24)13-21(2,3)4)16-19-7-6-12-22-14-19/h6-12,14H,5,13,15-16H2,1-4H3. The predicted molar refractivity (Wildman–Crippen MR) is 98.4 cm³/mol. The van der Waals surface area contributed by atoms with Gasteiger partial charge in [0, 0.05) is 31.9 Å². The van der Waals surface area contributed by atoms with Crippen molar-refractivity contribution in [1.82, 2.24) is 9.88 Å². The van der Waals surface area contributed by atoms with Crippen LogP contribution in [0.1, 0.15) is 50.8 Å². The van der Waals surface area contributed by atoms with E-state index in [1.54, 1.807) is 6.20 Å². The minimum atomic E-state index is -0.0175. The topological polar surface area (TPSA) is 33.2 Å². The smallest absolute Gasteiger partial charge is 0.223 e. The second-order valence-electron chi connectivity index (χ2n) is 7.52. The number of amides is 1. The lowest BCUT2D eigenvalue weighted by Crippen LogP contribution is -2.32. The van der Waals surface area contributed by atoms with E-state index in [2.05, 4.69) is 56.9 Å². The van der Waals surface area contributed by atoms with E-state index in [1.165, 1.54) is 11.1 Å². The SMILES string of the molecule is CCc1ccc(CN(Cc2cccnc2)C(=O)CC(C)(C)C)cc1. The summed E-state index contributed by atoms with van der Waals surface area (Å²) in [7, 11) is 0. The molecule has 0 unspecified atom stereocenters. The molecule has 1 aromatic carbocycles. The van der Waals surface area contributed by atoms with E-state index in [0.717, 1.165) is 12.0 Å². The molecule has 24 heavy (non-hydrogen) atoms. The van der Waals surface area contributed by atoms with Crippen LogP contribution >= 0.6 is 0 Å².